The topological polar surface area (TPSA) is 124 Å². The molecule has 3 aromatic rings. The number of hydrogen-bond acceptors (Lipinski definition) is 8. The predicted octanol–water partition coefficient (Wildman–Crippen LogP) is 5.80. The molecule has 1 aliphatic heterocycles. The van der Waals surface area contributed by atoms with Gasteiger partial charge in [0, 0.05) is 37.5 Å². The van der Waals surface area contributed by atoms with E-state index in [0.717, 1.165) is 6.26 Å². The average Bonchev–Trinajstić information content (AvgIpc) is 3.16. The van der Waals surface area contributed by atoms with Gasteiger partial charge in [-0.15, -0.1) is 0 Å². The molecule has 1 atom stereocenters. The number of esters is 2. The molecule has 0 unspecified atom stereocenters. The molecule has 1 heterocycles. The highest BCUT2D eigenvalue weighted by Gasteiger charge is 2.44. The van der Waals surface area contributed by atoms with Crippen molar-refractivity contribution in [2.24, 2.45) is 0 Å². The first-order valence-corrected chi connectivity index (χ1v) is 15.7. The smallest absolute Gasteiger partial charge is 0.338 e. The van der Waals surface area contributed by atoms with E-state index < -0.39 is 51.8 Å². The molecule has 0 saturated carbocycles. The standard InChI is InChI=1S/C28H21Cl4NO8S/c1-42(38,39)9-8-24(28(37)41-14-17-3-6-19(30)12-23(17)32)33-25(34)20-7-4-15(10-21(20)26(33)35)27(36)40-13-16-2-5-18(29)11-22(16)31/h2-7,10-12,24H,8-9,13-14H2,1H3/t24-/m1/s1. The lowest BCUT2D eigenvalue weighted by molar-refractivity contribution is -0.149. The molecule has 4 rings (SSSR count). The summed E-state index contributed by atoms with van der Waals surface area (Å²) >= 11 is 24.0. The van der Waals surface area contributed by atoms with Gasteiger partial charge < -0.3 is 9.47 Å². The summed E-state index contributed by atoms with van der Waals surface area (Å²) in [6, 6.07) is 11.4. The fourth-order valence-electron chi connectivity index (χ4n) is 4.10. The molecule has 0 aromatic heterocycles. The Bertz CT molecular complexity index is 1710. The molecule has 0 fully saturated rings. The van der Waals surface area contributed by atoms with Crippen LogP contribution in [0.3, 0.4) is 0 Å². The molecule has 42 heavy (non-hydrogen) atoms. The molecule has 0 bridgehead atoms. The lowest BCUT2D eigenvalue weighted by Crippen LogP contribution is -2.46. The van der Waals surface area contributed by atoms with Crippen molar-refractivity contribution in [3.8, 4) is 0 Å². The molecule has 0 radical (unpaired) electrons. The van der Waals surface area contributed by atoms with Crippen LogP contribution in [-0.4, -0.2) is 55.1 Å². The number of nitrogens with zero attached hydrogens (tertiary/aromatic N) is 1. The van der Waals surface area contributed by atoms with Crippen molar-refractivity contribution in [1.29, 1.82) is 0 Å². The van der Waals surface area contributed by atoms with Crippen LogP contribution in [0, 0.1) is 0 Å². The molecule has 1 aliphatic rings. The lowest BCUT2D eigenvalue weighted by Gasteiger charge is -2.24. The Labute approximate surface area is 261 Å². The summed E-state index contributed by atoms with van der Waals surface area (Å²) in [5.74, 6) is -4.06. The van der Waals surface area contributed by atoms with Crippen LogP contribution in [0.2, 0.25) is 20.1 Å². The molecule has 220 valence electrons. The van der Waals surface area contributed by atoms with E-state index in [4.69, 9.17) is 55.9 Å². The maximum atomic E-state index is 13.4. The highest BCUT2D eigenvalue weighted by atomic mass is 35.5. The van der Waals surface area contributed by atoms with Gasteiger partial charge in [0.25, 0.3) is 11.8 Å². The lowest BCUT2D eigenvalue weighted by atomic mass is 10.1. The van der Waals surface area contributed by atoms with E-state index in [2.05, 4.69) is 0 Å². The van der Waals surface area contributed by atoms with Crippen LogP contribution in [-0.2, 0) is 37.3 Å². The van der Waals surface area contributed by atoms with Gasteiger partial charge in [-0.2, -0.15) is 0 Å². The zero-order valence-electron chi connectivity index (χ0n) is 21.7. The number of benzene rings is 3. The summed E-state index contributed by atoms with van der Waals surface area (Å²) in [7, 11) is -3.59. The van der Waals surface area contributed by atoms with E-state index in [1.165, 1.54) is 42.5 Å². The maximum absolute atomic E-state index is 13.4. The van der Waals surface area contributed by atoms with Gasteiger partial charge in [-0.05, 0) is 48.9 Å². The average molecular weight is 673 g/mol. The summed E-state index contributed by atoms with van der Waals surface area (Å²) in [6.45, 7) is -0.497. The van der Waals surface area contributed by atoms with Crippen LogP contribution < -0.4 is 0 Å². The van der Waals surface area contributed by atoms with Gasteiger partial charge in [-0.25, -0.2) is 18.0 Å². The molecule has 9 nitrogen and oxygen atoms in total. The summed E-state index contributed by atoms with van der Waals surface area (Å²) < 4.78 is 34.4. The molecular weight excluding hydrogens is 652 g/mol. The van der Waals surface area contributed by atoms with E-state index in [1.54, 1.807) is 12.1 Å². The molecule has 2 amide bonds. The van der Waals surface area contributed by atoms with Gasteiger partial charge in [0.1, 0.15) is 29.1 Å². The number of carbonyl (C=O) groups excluding carboxylic acids is 4. The molecule has 0 aliphatic carbocycles. The third-order valence-electron chi connectivity index (χ3n) is 6.26. The highest BCUT2D eigenvalue weighted by Crippen LogP contribution is 2.29. The van der Waals surface area contributed by atoms with E-state index in [-0.39, 0.29) is 34.9 Å². The fourth-order valence-corrected chi connectivity index (χ4v) is 5.67. The second-order valence-electron chi connectivity index (χ2n) is 9.33. The van der Waals surface area contributed by atoms with Gasteiger partial charge in [-0.1, -0.05) is 58.5 Å². The van der Waals surface area contributed by atoms with Crippen LogP contribution in [0.4, 0.5) is 0 Å². The van der Waals surface area contributed by atoms with E-state index in [9.17, 15) is 27.6 Å². The molecule has 14 heteroatoms. The number of sulfone groups is 1. The third kappa shape index (κ3) is 7.43. The zero-order chi connectivity index (χ0) is 30.8. The van der Waals surface area contributed by atoms with E-state index in [1.807, 2.05) is 0 Å². The van der Waals surface area contributed by atoms with Gasteiger partial charge in [0.05, 0.1) is 22.4 Å². The third-order valence-corrected chi connectivity index (χ3v) is 8.41. The van der Waals surface area contributed by atoms with Gasteiger partial charge in [0.15, 0.2) is 0 Å². The SMILES string of the molecule is CS(=O)(=O)CC[C@H](C(=O)OCc1ccc(Cl)cc1Cl)N1C(=O)c2ccc(C(=O)OCc3ccc(Cl)cc3Cl)cc2C1=O. The molecule has 3 aromatic carbocycles. The minimum Gasteiger partial charge on any atom is -0.459 e. The minimum atomic E-state index is -3.59. The Kier molecular flexibility index (Phi) is 9.84. The number of fused-ring (bicyclic) bond motifs is 1. The first-order valence-electron chi connectivity index (χ1n) is 12.2. The number of imide groups is 1. The summed E-state index contributed by atoms with van der Waals surface area (Å²) in [5.41, 5.74) is 0.642. The number of rotatable bonds is 10. The number of hydrogen-bond donors (Lipinski definition) is 0. The molecule has 0 saturated heterocycles. The van der Waals surface area contributed by atoms with E-state index in [0.29, 0.717) is 31.1 Å². The maximum Gasteiger partial charge on any atom is 0.338 e. The Morgan fingerprint density at radius 2 is 1.33 bits per heavy atom. The Balaban J connectivity index is 1.54. The van der Waals surface area contributed by atoms with Crippen LogP contribution in [0.1, 0.15) is 48.6 Å². The number of ether oxygens (including phenoxy) is 2. The zero-order valence-corrected chi connectivity index (χ0v) is 25.6. The summed E-state index contributed by atoms with van der Waals surface area (Å²) in [5, 5.41) is 1.30. The van der Waals surface area contributed by atoms with Gasteiger partial charge in [0.2, 0.25) is 0 Å². The van der Waals surface area contributed by atoms with Crippen LogP contribution in [0.5, 0.6) is 0 Å². The van der Waals surface area contributed by atoms with Crippen molar-refractivity contribution in [1.82, 2.24) is 4.90 Å². The monoisotopic (exact) mass is 671 g/mol. The van der Waals surface area contributed by atoms with E-state index >= 15 is 0 Å². The second-order valence-corrected chi connectivity index (χ2v) is 13.3. The first-order chi connectivity index (χ1) is 19.7. The predicted molar refractivity (Wildman–Crippen MR) is 157 cm³/mol. The van der Waals surface area contributed by atoms with Crippen LogP contribution in [0.25, 0.3) is 0 Å². The Hall–Kier alpha value is -3.15. The molecule has 0 spiro atoms. The van der Waals surface area contributed by atoms with Crippen molar-refractivity contribution in [3.05, 3.63) is 103 Å². The van der Waals surface area contributed by atoms with Crippen LogP contribution >= 0.6 is 46.4 Å². The van der Waals surface area contributed by atoms with Crippen LogP contribution in [0.15, 0.2) is 54.6 Å². The molecule has 0 N–H and O–H groups in total. The van der Waals surface area contributed by atoms with Crippen molar-refractivity contribution < 1.29 is 37.1 Å². The second kappa shape index (κ2) is 13.0. The fraction of sp³-hybridized carbons (Fsp3) is 0.214. The quantitative estimate of drug-likeness (QED) is 0.196. The van der Waals surface area contributed by atoms with Crippen molar-refractivity contribution in [2.45, 2.75) is 25.7 Å². The number of halogens is 4. The Morgan fingerprint density at radius 3 is 1.88 bits per heavy atom. The van der Waals surface area contributed by atoms with Crippen molar-refractivity contribution in [3.63, 3.8) is 0 Å². The minimum absolute atomic E-state index is 0.0329. The Morgan fingerprint density at radius 1 is 0.786 bits per heavy atom. The highest BCUT2D eigenvalue weighted by molar-refractivity contribution is 7.90. The number of amides is 2. The molecular formula is C28H21Cl4NO8S. The summed E-state index contributed by atoms with van der Waals surface area (Å²) in [6.07, 6.45) is 0.550. The first kappa shape index (κ1) is 31.8. The van der Waals surface area contributed by atoms with Gasteiger partial charge >= 0.3 is 11.9 Å². The summed E-state index contributed by atoms with van der Waals surface area (Å²) in [4.78, 5) is 53.2. The largest absolute Gasteiger partial charge is 0.459 e. The normalized spacial score (nSPS) is 13.6. The van der Waals surface area contributed by atoms with Gasteiger partial charge in [-0.3, -0.25) is 14.5 Å². The number of carbonyl (C=O) groups is 4. The van der Waals surface area contributed by atoms with Crippen molar-refractivity contribution >= 4 is 80.0 Å². The van der Waals surface area contributed by atoms with Crippen molar-refractivity contribution in [2.75, 3.05) is 12.0 Å².